The number of amides is 1. The van der Waals surface area contributed by atoms with Gasteiger partial charge >= 0.3 is 5.97 Å². The van der Waals surface area contributed by atoms with Gasteiger partial charge in [-0.2, -0.15) is 0 Å². The molecule has 0 atom stereocenters. The highest BCUT2D eigenvalue weighted by molar-refractivity contribution is 9.10. The quantitative estimate of drug-likeness (QED) is 0.880. The van der Waals surface area contributed by atoms with Crippen LogP contribution in [0.4, 0.5) is 0 Å². The molecule has 0 unspecified atom stereocenters. The van der Waals surface area contributed by atoms with Gasteiger partial charge in [-0.15, -0.1) is 0 Å². The average Bonchev–Trinajstić information content (AvgIpc) is 2.56. The fourth-order valence-corrected chi connectivity index (χ4v) is 2.12. The largest absolute Gasteiger partial charge is 0.481 e. The maximum Gasteiger partial charge on any atom is 0.303 e. The summed E-state index contributed by atoms with van der Waals surface area (Å²) < 4.78 is 0.832. The van der Waals surface area contributed by atoms with Gasteiger partial charge in [0.05, 0.1) is 6.42 Å². The van der Waals surface area contributed by atoms with E-state index in [-0.39, 0.29) is 18.2 Å². The van der Waals surface area contributed by atoms with Crippen LogP contribution in [0.2, 0.25) is 0 Å². The number of carboxylic acid groups (broad SMARTS) is 1. The summed E-state index contributed by atoms with van der Waals surface area (Å²) in [5, 5.41) is 8.58. The monoisotopic (exact) mass is 286 g/mol. The Labute approximate surface area is 101 Å². The lowest BCUT2D eigenvalue weighted by Gasteiger charge is -2.38. The van der Waals surface area contributed by atoms with E-state index in [2.05, 4.69) is 20.9 Å². The van der Waals surface area contributed by atoms with E-state index < -0.39 is 5.97 Å². The first-order valence-corrected chi connectivity index (χ1v) is 5.70. The number of carbonyl (C=O) groups excluding carboxylic acids is 1. The van der Waals surface area contributed by atoms with E-state index in [0.29, 0.717) is 18.8 Å². The van der Waals surface area contributed by atoms with Gasteiger partial charge < -0.3 is 15.0 Å². The summed E-state index contributed by atoms with van der Waals surface area (Å²) in [5.41, 5.74) is 0.528. The van der Waals surface area contributed by atoms with E-state index in [9.17, 15) is 9.59 Å². The van der Waals surface area contributed by atoms with E-state index in [1.165, 1.54) is 0 Å². The molecule has 1 aliphatic heterocycles. The zero-order valence-corrected chi connectivity index (χ0v) is 10.0. The fourth-order valence-electron chi connectivity index (χ4n) is 1.77. The number of nitrogens with one attached hydrogen (secondary N) is 1. The number of hydrogen-bond donors (Lipinski definition) is 2. The fraction of sp³-hybridized carbons (Fsp3) is 0.400. The molecule has 6 heteroatoms. The van der Waals surface area contributed by atoms with Crippen molar-refractivity contribution in [3.05, 3.63) is 22.4 Å². The van der Waals surface area contributed by atoms with Crippen molar-refractivity contribution in [2.75, 3.05) is 13.1 Å². The van der Waals surface area contributed by atoms with Crippen LogP contribution in [0.1, 0.15) is 16.9 Å². The Bertz CT molecular complexity index is 423. The third-order valence-corrected chi connectivity index (χ3v) is 3.04. The Morgan fingerprint density at radius 1 is 1.56 bits per heavy atom. The molecule has 86 valence electrons. The topological polar surface area (TPSA) is 73.4 Å². The van der Waals surface area contributed by atoms with Crippen LogP contribution in [0.15, 0.2) is 16.7 Å². The van der Waals surface area contributed by atoms with Crippen molar-refractivity contribution in [2.45, 2.75) is 6.42 Å². The molecular weight excluding hydrogens is 276 g/mol. The number of carbonyl (C=O) groups is 2. The maximum absolute atomic E-state index is 11.8. The molecule has 0 aliphatic carbocycles. The molecule has 0 aromatic carbocycles. The highest BCUT2D eigenvalue weighted by Crippen LogP contribution is 2.22. The summed E-state index contributed by atoms with van der Waals surface area (Å²) >= 11 is 3.25. The summed E-state index contributed by atoms with van der Waals surface area (Å²) in [6.07, 6.45) is 1.83. The van der Waals surface area contributed by atoms with Gasteiger partial charge in [-0.3, -0.25) is 9.59 Å². The predicted octanol–water partition coefficient (Wildman–Crippen LogP) is 1.32. The SMILES string of the molecule is O=C(O)CC1CN(C(=O)c2cc(Br)c[nH]2)C1. The van der Waals surface area contributed by atoms with E-state index >= 15 is 0 Å². The normalized spacial score (nSPS) is 15.9. The van der Waals surface area contributed by atoms with Gasteiger partial charge in [0.25, 0.3) is 5.91 Å². The number of H-pyrrole nitrogens is 1. The number of aromatic amines is 1. The lowest BCUT2D eigenvalue weighted by atomic mass is 9.96. The van der Waals surface area contributed by atoms with E-state index in [4.69, 9.17) is 5.11 Å². The van der Waals surface area contributed by atoms with Crippen molar-refractivity contribution in [1.29, 1.82) is 0 Å². The smallest absolute Gasteiger partial charge is 0.303 e. The van der Waals surface area contributed by atoms with Gasteiger partial charge in [0.1, 0.15) is 5.69 Å². The summed E-state index contributed by atoms with van der Waals surface area (Å²) in [4.78, 5) is 26.7. The molecule has 1 aromatic rings. The molecule has 0 radical (unpaired) electrons. The zero-order chi connectivity index (χ0) is 11.7. The minimum atomic E-state index is -0.806. The summed E-state index contributed by atoms with van der Waals surface area (Å²) in [7, 11) is 0. The van der Waals surface area contributed by atoms with Gasteiger partial charge in [-0.1, -0.05) is 0 Å². The van der Waals surface area contributed by atoms with Gasteiger partial charge in [0.15, 0.2) is 0 Å². The molecule has 0 bridgehead atoms. The molecule has 1 aliphatic rings. The second-order valence-corrected chi connectivity index (χ2v) is 4.82. The molecule has 1 saturated heterocycles. The van der Waals surface area contributed by atoms with Crippen LogP contribution in [0.5, 0.6) is 0 Å². The molecule has 1 aromatic heterocycles. The third-order valence-electron chi connectivity index (χ3n) is 2.59. The Hall–Kier alpha value is -1.30. The van der Waals surface area contributed by atoms with Gasteiger partial charge in [-0.05, 0) is 22.0 Å². The number of hydrogen-bond acceptors (Lipinski definition) is 2. The molecule has 2 N–H and O–H groups in total. The van der Waals surface area contributed by atoms with E-state index in [1.54, 1.807) is 17.2 Å². The molecule has 2 rings (SSSR count). The summed E-state index contributed by atoms with van der Waals surface area (Å²) in [5.74, 6) is -0.785. The Morgan fingerprint density at radius 2 is 2.25 bits per heavy atom. The van der Waals surface area contributed by atoms with Gasteiger partial charge in [-0.25, -0.2) is 0 Å². The summed E-state index contributed by atoms with van der Waals surface area (Å²) in [6.45, 7) is 1.06. The van der Waals surface area contributed by atoms with Crippen molar-refractivity contribution in [3.8, 4) is 0 Å². The third kappa shape index (κ3) is 2.27. The lowest BCUT2D eigenvalue weighted by Crippen LogP contribution is -2.50. The van der Waals surface area contributed by atoms with Crippen molar-refractivity contribution < 1.29 is 14.7 Å². The van der Waals surface area contributed by atoms with E-state index in [0.717, 1.165) is 4.47 Å². The van der Waals surface area contributed by atoms with Crippen LogP contribution in [-0.4, -0.2) is 40.0 Å². The highest BCUT2D eigenvalue weighted by atomic mass is 79.9. The second-order valence-electron chi connectivity index (χ2n) is 3.91. The lowest BCUT2D eigenvalue weighted by molar-refractivity contribution is -0.139. The number of aliphatic carboxylic acids is 1. The molecule has 16 heavy (non-hydrogen) atoms. The Morgan fingerprint density at radius 3 is 2.75 bits per heavy atom. The van der Waals surface area contributed by atoms with Crippen LogP contribution in [0, 0.1) is 5.92 Å². The molecule has 0 spiro atoms. The first kappa shape index (κ1) is 11.2. The minimum Gasteiger partial charge on any atom is -0.481 e. The van der Waals surface area contributed by atoms with E-state index in [1.807, 2.05) is 0 Å². The average molecular weight is 287 g/mol. The van der Waals surface area contributed by atoms with Crippen LogP contribution < -0.4 is 0 Å². The number of nitrogens with zero attached hydrogens (tertiary/aromatic N) is 1. The Kier molecular flexibility index (Phi) is 3.00. The van der Waals surface area contributed by atoms with Crippen molar-refractivity contribution in [2.24, 2.45) is 5.92 Å². The summed E-state index contributed by atoms with van der Waals surface area (Å²) in [6, 6.07) is 1.72. The van der Waals surface area contributed by atoms with Gasteiger partial charge in [0, 0.05) is 29.7 Å². The first-order valence-electron chi connectivity index (χ1n) is 4.91. The number of halogens is 1. The Balaban J connectivity index is 1.88. The predicted molar refractivity (Wildman–Crippen MR) is 60.1 cm³/mol. The highest BCUT2D eigenvalue weighted by Gasteiger charge is 2.32. The van der Waals surface area contributed by atoms with Crippen molar-refractivity contribution in [3.63, 3.8) is 0 Å². The molecule has 1 amide bonds. The number of rotatable bonds is 3. The van der Waals surface area contributed by atoms with Crippen LogP contribution in [-0.2, 0) is 4.79 Å². The second kappa shape index (κ2) is 4.29. The minimum absolute atomic E-state index is 0.0765. The van der Waals surface area contributed by atoms with Crippen LogP contribution >= 0.6 is 15.9 Å². The molecular formula is C10H11BrN2O3. The van der Waals surface area contributed by atoms with Crippen LogP contribution in [0.3, 0.4) is 0 Å². The molecule has 2 heterocycles. The van der Waals surface area contributed by atoms with Gasteiger partial charge in [0.2, 0.25) is 0 Å². The molecule has 5 nitrogen and oxygen atoms in total. The van der Waals surface area contributed by atoms with Crippen molar-refractivity contribution in [1.82, 2.24) is 9.88 Å². The zero-order valence-electron chi connectivity index (χ0n) is 8.44. The standard InChI is InChI=1S/C10H11BrN2O3/c11-7-2-8(12-3-7)10(16)13-4-6(5-13)1-9(14)15/h2-3,6,12H,1,4-5H2,(H,14,15). The maximum atomic E-state index is 11.8. The van der Waals surface area contributed by atoms with Crippen molar-refractivity contribution >= 4 is 27.8 Å². The number of carboxylic acids is 1. The molecule has 1 fully saturated rings. The number of aromatic nitrogens is 1. The molecule has 0 saturated carbocycles. The first-order chi connectivity index (χ1) is 7.56. The van der Waals surface area contributed by atoms with Crippen LogP contribution in [0.25, 0.3) is 0 Å². The number of likely N-dealkylation sites (tertiary alicyclic amines) is 1.